The van der Waals surface area contributed by atoms with Gasteiger partial charge in [-0.05, 0) is 42.5 Å². The van der Waals surface area contributed by atoms with Gasteiger partial charge in [0.2, 0.25) is 0 Å². The summed E-state index contributed by atoms with van der Waals surface area (Å²) in [6.45, 7) is 20.0. The van der Waals surface area contributed by atoms with Crippen molar-refractivity contribution in [2.24, 2.45) is 0 Å². The minimum Gasteiger partial charge on any atom is -0.309 e. The van der Waals surface area contributed by atoms with Gasteiger partial charge in [0.25, 0.3) is 0 Å². The van der Waals surface area contributed by atoms with Gasteiger partial charge >= 0.3 is 0 Å². The Labute approximate surface area is 269 Å². The molecule has 0 saturated heterocycles. The molecule has 0 unspecified atom stereocenters. The Morgan fingerprint density at radius 1 is 0.295 bits per heavy atom. The maximum Gasteiger partial charge on any atom is 0.0541 e. The molecule has 0 fully saturated rings. The fourth-order valence-electron chi connectivity index (χ4n) is 5.17. The first-order chi connectivity index (χ1) is 20.9. The van der Waals surface area contributed by atoms with Gasteiger partial charge in [-0.25, -0.2) is 0 Å². The van der Waals surface area contributed by atoms with E-state index in [0.717, 1.165) is 0 Å². The lowest BCUT2D eigenvalue weighted by molar-refractivity contribution is 1.13. The summed E-state index contributed by atoms with van der Waals surface area (Å²) in [5.74, 6) is 0. The SMILES string of the molecule is C.C.CC.CC.CC.CC.CC.c1cc(-n2c3ccccc3c3ccccc32)cc(-n2c3ccccc3c3ccccc32)c1. The van der Waals surface area contributed by atoms with E-state index in [1.165, 1.54) is 55.0 Å². The minimum atomic E-state index is 0. The number of hydrogen-bond acceptors (Lipinski definition) is 0. The van der Waals surface area contributed by atoms with Crippen LogP contribution in [-0.4, -0.2) is 9.13 Å². The Kier molecular flexibility index (Phi) is 18.6. The molecular weight excluding hydrogens is 532 g/mol. The molecule has 0 N–H and O–H groups in total. The lowest BCUT2D eigenvalue weighted by atomic mass is 10.2. The second-order valence-electron chi connectivity index (χ2n) is 8.26. The molecule has 2 heteroatoms. The van der Waals surface area contributed by atoms with E-state index in [2.05, 4.69) is 130 Å². The number of aromatic nitrogens is 2. The van der Waals surface area contributed by atoms with Gasteiger partial charge in [0.1, 0.15) is 0 Å². The second kappa shape index (κ2) is 20.6. The Morgan fingerprint density at radius 2 is 0.523 bits per heavy atom. The Balaban J connectivity index is 0.00000141. The van der Waals surface area contributed by atoms with Crippen molar-refractivity contribution in [3.8, 4) is 11.4 Å². The third kappa shape index (κ3) is 7.61. The molecule has 0 amide bonds. The molecule has 5 aromatic carbocycles. The van der Waals surface area contributed by atoms with Crippen molar-refractivity contribution in [1.82, 2.24) is 9.13 Å². The molecule has 0 atom stereocenters. The van der Waals surface area contributed by atoms with Gasteiger partial charge in [0, 0.05) is 32.9 Å². The molecule has 2 heterocycles. The predicted molar refractivity (Wildman–Crippen MR) is 205 cm³/mol. The highest BCUT2D eigenvalue weighted by Gasteiger charge is 2.14. The van der Waals surface area contributed by atoms with E-state index in [1.807, 2.05) is 69.2 Å². The molecule has 7 aromatic rings. The van der Waals surface area contributed by atoms with Crippen LogP contribution in [-0.2, 0) is 0 Å². The first-order valence-corrected chi connectivity index (χ1v) is 16.0. The molecule has 2 nitrogen and oxygen atoms in total. The van der Waals surface area contributed by atoms with Crippen molar-refractivity contribution in [3.63, 3.8) is 0 Å². The Hall–Kier alpha value is -4.30. The highest BCUT2D eigenvalue weighted by Crippen LogP contribution is 2.35. The van der Waals surface area contributed by atoms with Crippen LogP contribution in [0.4, 0.5) is 0 Å². The van der Waals surface area contributed by atoms with Crippen LogP contribution in [0.3, 0.4) is 0 Å². The van der Waals surface area contributed by atoms with Crippen LogP contribution in [0.15, 0.2) is 121 Å². The van der Waals surface area contributed by atoms with Gasteiger partial charge in [-0.2, -0.15) is 0 Å². The van der Waals surface area contributed by atoms with Crippen molar-refractivity contribution in [1.29, 1.82) is 0 Å². The predicted octanol–water partition coefficient (Wildman–Crippen LogP) is 14.3. The molecule has 0 aliphatic heterocycles. The van der Waals surface area contributed by atoms with E-state index in [1.54, 1.807) is 0 Å². The molecule has 0 aliphatic rings. The van der Waals surface area contributed by atoms with Crippen LogP contribution in [0.1, 0.15) is 84.1 Å². The van der Waals surface area contributed by atoms with Gasteiger partial charge in [-0.15, -0.1) is 0 Å². The first-order valence-electron chi connectivity index (χ1n) is 16.0. The molecule has 236 valence electrons. The standard InChI is InChI=1S/C30H20N2.5C2H6.2CH4/c1-5-16-27-23(12-1)24-13-2-6-17-28(24)31(27)21-10-9-11-22(20-21)32-29-18-7-3-14-25(29)26-15-4-8-19-30(26)32;5*1-2;;/h1-20H;5*1-2H3;2*1H4. The van der Waals surface area contributed by atoms with Gasteiger partial charge in [-0.3, -0.25) is 0 Å². The van der Waals surface area contributed by atoms with E-state index < -0.39 is 0 Å². The number of para-hydroxylation sites is 4. The number of fused-ring (bicyclic) bond motifs is 6. The van der Waals surface area contributed by atoms with Crippen LogP contribution in [0.2, 0.25) is 0 Å². The van der Waals surface area contributed by atoms with Crippen LogP contribution >= 0.6 is 0 Å². The fourth-order valence-corrected chi connectivity index (χ4v) is 5.17. The van der Waals surface area contributed by atoms with Gasteiger partial charge < -0.3 is 9.13 Å². The molecular formula is C42H58N2. The minimum absolute atomic E-state index is 0. The average molecular weight is 591 g/mol. The molecule has 44 heavy (non-hydrogen) atoms. The van der Waals surface area contributed by atoms with Crippen molar-refractivity contribution >= 4 is 43.6 Å². The molecule has 0 spiro atoms. The monoisotopic (exact) mass is 590 g/mol. The zero-order valence-electron chi connectivity index (χ0n) is 27.4. The van der Waals surface area contributed by atoms with Crippen LogP contribution in [0.5, 0.6) is 0 Å². The zero-order valence-corrected chi connectivity index (χ0v) is 27.4. The van der Waals surface area contributed by atoms with Crippen LogP contribution < -0.4 is 0 Å². The van der Waals surface area contributed by atoms with E-state index in [4.69, 9.17) is 0 Å². The maximum absolute atomic E-state index is 2.38. The summed E-state index contributed by atoms with van der Waals surface area (Å²) in [6.07, 6.45) is 0. The quantitative estimate of drug-likeness (QED) is 0.189. The van der Waals surface area contributed by atoms with Crippen LogP contribution in [0.25, 0.3) is 55.0 Å². The van der Waals surface area contributed by atoms with Crippen molar-refractivity contribution in [2.45, 2.75) is 84.1 Å². The number of hydrogen-bond donors (Lipinski definition) is 0. The topological polar surface area (TPSA) is 9.86 Å². The van der Waals surface area contributed by atoms with Gasteiger partial charge in [-0.1, -0.05) is 163 Å². The Morgan fingerprint density at radius 3 is 0.773 bits per heavy atom. The van der Waals surface area contributed by atoms with Crippen molar-refractivity contribution in [3.05, 3.63) is 121 Å². The summed E-state index contributed by atoms with van der Waals surface area (Å²) < 4.78 is 4.75. The highest BCUT2D eigenvalue weighted by atomic mass is 15.0. The van der Waals surface area contributed by atoms with E-state index in [-0.39, 0.29) is 14.9 Å². The summed E-state index contributed by atoms with van der Waals surface area (Å²) in [5, 5.41) is 5.13. The number of rotatable bonds is 2. The third-order valence-corrected chi connectivity index (χ3v) is 6.51. The lowest BCUT2D eigenvalue weighted by Crippen LogP contribution is -1.98. The number of benzene rings is 5. The summed E-state index contributed by atoms with van der Waals surface area (Å²) in [7, 11) is 0. The second-order valence-corrected chi connectivity index (χ2v) is 8.26. The number of nitrogens with zero attached hydrogens (tertiary/aromatic N) is 2. The van der Waals surface area contributed by atoms with Crippen LogP contribution in [0, 0.1) is 0 Å². The average Bonchev–Trinajstić information content (AvgIpc) is 3.63. The van der Waals surface area contributed by atoms with Crippen molar-refractivity contribution < 1.29 is 0 Å². The zero-order chi connectivity index (χ0) is 31.1. The van der Waals surface area contributed by atoms with Gasteiger partial charge in [0.05, 0.1) is 22.1 Å². The third-order valence-electron chi connectivity index (χ3n) is 6.51. The normalized spacial score (nSPS) is 9.23. The summed E-state index contributed by atoms with van der Waals surface area (Å²) in [5.41, 5.74) is 7.26. The maximum atomic E-state index is 2.38. The molecule has 0 bridgehead atoms. The first kappa shape index (κ1) is 39.7. The highest BCUT2D eigenvalue weighted by molar-refractivity contribution is 6.10. The molecule has 0 radical (unpaired) electrons. The van der Waals surface area contributed by atoms with E-state index in [0.29, 0.717) is 0 Å². The van der Waals surface area contributed by atoms with Gasteiger partial charge in [0.15, 0.2) is 0 Å². The lowest BCUT2D eigenvalue weighted by Gasteiger charge is -2.12. The molecule has 0 saturated carbocycles. The van der Waals surface area contributed by atoms with E-state index in [9.17, 15) is 0 Å². The Bertz CT molecular complexity index is 1550. The summed E-state index contributed by atoms with van der Waals surface area (Å²) in [4.78, 5) is 0. The summed E-state index contributed by atoms with van der Waals surface area (Å²) in [6, 6.07) is 43.5. The molecule has 2 aromatic heterocycles. The molecule has 0 aliphatic carbocycles. The largest absolute Gasteiger partial charge is 0.309 e. The van der Waals surface area contributed by atoms with Crippen molar-refractivity contribution in [2.75, 3.05) is 0 Å². The van der Waals surface area contributed by atoms with E-state index >= 15 is 0 Å². The summed E-state index contributed by atoms with van der Waals surface area (Å²) >= 11 is 0. The molecule has 7 rings (SSSR count). The fraction of sp³-hybridized carbons (Fsp3) is 0.286. The smallest absolute Gasteiger partial charge is 0.0541 e.